The highest BCUT2D eigenvalue weighted by Gasteiger charge is 2.33. The van der Waals surface area contributed by atoms with E-state index in [-0.39, 0.29) is 17.8 Å². The minimum atomic E-state index is -3.14. The van der Waals surface area contributed by atoms with Crippen LogP contribution < -0.4 is 10.0 Å². The molecule has 2 N–H and O–H groups in total. The summed E-state index contributed by atoms with van der Waals surface area (Å²) in [6.45, 7) is 3.22. The van der Waals surface area contributed by atoms with Crippen LogP contribution in [0.1, 0.15) is 44.9 Å². The number of hydrogen-bond donors (Lipinski definition) is 2. The fourth-order valence-electron chi connectivity index (χ4n) is 3.96. The standard InChI is InChI=1S/C14H27N3O2S/c18-20(19,11-13-4-1-2-7-15-13)16-12-6-9-17-8-3-5-14(17)10-12/h12-16H,1-11H2. The summed E-state index contributed by atoms with van der Waals surface area (Å²) in [5.74, 6) is 0.248. The molecule has 0 spiro atoms. The number of nitrogens with one attached hydrogen (secondary N) is 2. The van der Waals surface area contributed by atoms with Crippen molar-refractivity contribution in [3.05, 3.63) is 0 Å². The van der Waals surface area contributed by atoms with Crippen molar-refractivity contribution in [1.82, 2.24) is 14.9 Å². The summed E-state index contributed by atoms with van der Waals surface area (Å²) in [5.41, 5.74) is 0. The molecule has 0 aromatic rings. The smallest absolute Gasteiger partial charge is 0.213 e. The van der Waals surface area contributed by atoms with Crippen LogP contribution in [0.2, 0.25) is 0 Å². The first-order chi connectivity index (χ1) is 9.62. The van der Waals surface area contributed by atoms with Crippen molar-refractivity contribution in [2.75, 3.05) is 25.4 Å². The van der Waals surface area contributed by atoms with Gasteiger partial charge in [0.1, 0.15) is 0 Å². The molecule has 20 heavy (non-hydrogen) atoms. The van der Waals surface area contributed by atoms with Gasteiger partial charge in [0.15, 0.2) is 0 Å². The molecule has 3 saturated heterocycles. The third kappa shape index (κ3) is 3.72. The van der Waals surface area contributed by atoms with Crippen molar-refractivity contribution >= 4 is 10.0 Å². The van der Waals surface area contributed by atoms with Gasteiger partial charge in [-0.3, -0.25) is 0 Å². The van der Waals surface area contributed by atoms with Crippen LogP contribution in [-0.4, -0.2) is 56.8 Å². The fraction of sp³-hybridized carbons (Fsp3) is 1.00. The first-order valence-corrected chi connectivity index (χ1v) is 9.75. The Labute approximate surface area is 122 Å². The molecule has 0 aliphatic carbocycles. The Morgan fingerprint density at radius 3 is 2.80 bits per heavy atom. The molecule has 116 valence electrons. The average Bonchev–Trinajstić information content (AvgIpc) is 2.86. The predicted octanol–water partition coefficient (Wildman–Crippen LogP) is 0.675. The van der Waals surface area contributed by atoms with Gasteiger partial charge in [-0.2, -0.15) is 0 Å². The van der Waals surface area contributed by atoms with Crippen molar-refractivity contribution < 1.29 is 8.42 Å². The van der Waals surface area contributed by atoms with E-state index in [2.05, 4.69) is 14.9 Å². The van der Waals surface area contributed by atoms with Crippen molar-refractivity contribution in [3.8, 4) is 0 Å². The van der Waals surface area contributed by atoms with Gasteiger partial charge in [-0.05, 0) is 58.2 Å². The van der Waals surface area contributed by atoms with Crippen molar-refractivity contribution in [2.24, 2.45) is 0 Å². The highest BCUT2D eigenvalue weighted by Crippen LogP contribution is 2.27. The minimum Gasteiger partial charge on any atom is -0.313 e. The Bertz CT molecular complexity index is 420. The molecule has 3 rings (SSSR count). The molecule has 3 aliphatic heterocycles. The van der Waals surface area contributed by atoms with E-state index < -0.39 is 10.0 Å². The van der Waals surface area contributed by atoms with Gasteiger partial charge in [0, 0.05) is 18.1 Å². The molecule has 0 aromatic carbocycles. The SMILES string of the molecule is O=S(=O)(CC1CCCCN1)NC1CCN2CCCC2C1. The Morgan fingerprint density at radius 2 is 2.00 bits per heavy atom. The van der Waals surface area contributed by atoms with Crippen LogP contribution in [0.15, 0.2) is 0 Å². The summed E-state index contributed by atoms with van der Waals surface area (Å²) < 4.78 is 27.5. The Hall–Kier alpha value is -0.170. The molecule has 0 aromatic heterocycles. The number of hydrogen-bond acceptors (Lipinski definition) is 4. The molecule has 0 amide bonds. The maximum Gasteiger partial charge on any atom is 0.213 e. The van der Waals surface area contributed by atoms with Gasteiger partial charge in [0.2, 0.25) is 10.0 Å². The second-order valence-corrected chi connectivity index (χ2v) is 8.40. The van der Waals surface area contributed by atoms with Crippen LogP contribution in [0, 0.1) is 0 Å². The summed E-state index contributed by atoms with van der Waals surface area (Å²) in [4.78, 5) is 2.52. The molecular weight excluding hydrogens is 274 g/mol. The lowest BCUT2D eigenvalue weighted by Gasteiger charge is -2.35. The summed E-state index contributed by atoms with van der Waals surface area (Å²) in [6.07, 6.45) is 7.78. The van der Waals surface area contributed by atoms with Crippen LogP contribution in [0.5, 0.6) is 0 Å². The summed E-state index contributed by atoms with van der Waals surface area (Å²) >= 11 is 0. The third-order valence-corrected chi connectivity index (χ3v) is 6.53. The Balaban J connectivity index is 1.50. The van der Waals surface area contributed by atoms with Crippen LogP contribution in [0.3, 0.4) is 0 Å². The lowest BCUT2D eigenvalue weighted by molar-refractivity contribution is 0.176. The fourth-order valence-corrected chi connectivity index (χ4v) is 5.60. The first-order valence-electron chi connectivity index (χ1n) is 8.10. The Kier molecular flexibility index (Phi) is 4.65. The highest BCUT2D eigenvalue weighted by atomic mass is 32.2. The first kappa shape index (κ1) is 14.8. The molecule has 3 unspecified atom stereocenters. The molecule has 3 heterocycles. The molecule has 3 atom stereocenters. The predicted molar refractivity (Wildman–Crippen MR) is 80.2 cm³/mol. The second-order valence-electron chi connectivity index (χ2n) is 6.60. The third-order valence-electron chi connectivity index (χ3n) is 5.00. The molecule has 0 radical (unpaired) electrons. The van der Waals surface area contributed by atoms with Crippen molar-refractivity contribution in [3.63, 3.8) is 0 Å². The number of nitrogens with zero attached hydrogens (tertiary/aromatic N) is 1. The molecule has 3 aliphatic rings. The largest absolute Gasteiger partial charge is 0.313 e. The summed E-state index contributed by atoms with van der Waals surface area (Å²) in [7, 11) is -3.14. The van der Waals surface area contributed by atoms with Gasteiger partial charge in [-0.15, -0.1) is 0 Å². The summed E-state index contributed by atoms with van der Waals surface area (Å²) in [5, 5.41) is 3.32. The van der Waals surface area contributed by atoms with E-state index in [1.54, 1.807) is 0 Å². The van der Waals surface area contributed by atoms with Gasteiger partial charge < -0.3 is 10.2 Å². The Morgan fingerprint density at radius 1 is 1.10 bits per heavy atom. The van der Waals surface area contributed by atoms with E-state index in [4.69, 9.17) is 0 Å². The topological polar surface area (TPSA) is 61.4 Å². The molecule has 3 fully saturated rings. The van der Waals surface area contributed by atoms with Crippen LogP contribution in [-0.2, 0) is 10.0 Å². The maximum absolute atomic E-state index is 12.3. The molecule has 5 nitrogen and oxygen atoms in total. The number of piperidine rings is 2. The van der Waals surface area contributed by atoms with Crippen molar-refractivity contribution in [2.45, 2.75) is 63.1 Å². The molecule has 0 bridgehead atoms. The van der Waals surface area contributed by atoms with Crippen LogP contribution in [0.4, 0.5) is 0 Å². The lowest BCUT2D eigenvalue weighted by atomic mass is 9.99. The molecule has 0 saturated carbocycles. The van der Waals surface area contributed by atoms with E-state index >= 15 is 0 Å². The number of rotatable bonds is 4. The van der Waals surface area contributed by atoms with E-state index in [1.807, 2.05) is 0 Å². The monoisotopic (exact) mass is 301 g/mol. The van der Waals surface area contributed by atoms with Crippen molar-refractivity contribution in [1.29, 1.82) is 0 Å². The van der Waals surface area contributed by atoms with E-state index in [0.29, 0.717) is 6.04 Å². The quantitative estimate of drug-likeness (QED) is 0.801. The summed E-state index contributed by atoms with van der Waals surface area (Å²) in [6, 6.07) is 0.917. The van der Waals surface area contributed by atoms with Crippen LogP contribution >= 0.6 is 0 Å². The maximum atomic E-state index is 12.3. The normalized spacial score (nSPS) is 35.9. The molecule has 6 heteroatoms. The zero-order valence-corrected chi connectivity index (χ0v) is 13.0. The average molecular weight is 301 g/mol. The highest BCUT2D eigenvalue weighted by molar-refractivity contribution is 7.89. The lowest BCUT2D eigenvalue weighted by Crippen LogP contribution is -2.50. The minimum absolute atomic E-state index is 0.146. The second kappa shape index (κ2) is 6.30. The number of fused-ring (bicyclic) bond motifs is 1. The van der Waals surface area contributed by atoms with Gasteiger partial charge in [0.05, 0.1) is 5.75 Å². The van der Waals surface area contributed by atoms with Gasteiger partial charge >= 0.3 is 0 Å². The van der Waals surface area contributed by atoms with E-state index in [0.717, 1.165) is 38.8 Å². The van der Waals surface area contributed by atoms with Gasteiger partial charge in [-0.25, -0.2) is 13.1 Å². The van der Waals surface area contributed by atoms with Gasteiger partial charge in [-0.1, -0.05) is 6.42 Å². The zero-order valence-electron chi connectivity index (χ0n) is 12.2. The van der Waals surface area contributed by atoms with E-state index in [9.17, 15) is 8.42 Å². The van der Waals surface area contributed by atoms with Crippen LogP contribution in [0.25, 0.3) is 0 Å². The van der Waals surface area contributed by atoms with Gasteiger partial charge in [0.25, 0.3) is 0 Å². The number of sulfonamides is 1. The van der Waals surface area contributed by atoms with E-state index in [1.165, 1.54) is 25.8 Å². The molecular formula is C14H27N3O2S. The zero-order chi connectivity index (χ0) is 14.0.